The van der Waals surface area contributed by atoms with Gasteiger partial charge in [-0.1, -0.05) is 12.1 Å². The lowest BCUT2D eigenvalue weighted by Crippen LogP contribution is -2.46. The molecule has 1 unspecified atom stereocenters. The minimum Gasteiger partial charge on any atom is -0.345 e. The largest absolute Gasteiger partial charge is 0.345 e. The van der Waals surface area contributed by atoms with Crippen molar-refractivity contribution in [1.82, 2.24) is 10.2 Å². The van der Waals surface area contributed by atoms with Gasteiger partial charge in [0.15, 0.2) is 0 Å². The van der Waals surface area contributed by atoms with Crippen LogP contribution in [0.2, 0.25) is 0 Å². The highest BCUT2D eigenvalue weighted by molar-refractivity contribution is 6.04. The summed E-state index contributed by atoms with van der Waals surface area (Å²) in [4.78, 5) is 26.2. The van der Waals surface area contributed by atoms with Gasteiger partial charge in [-0.2, -0.15) is 0 Å². The molecular weight excluding hydrogens is 266 g/mol. The van der Waals surface area contributed by atoms with E-state index in [-0.39, 0.29) is 11.8 Å². The average Bonchev–Trinajstić information content (AvgIpc) is 2.47. The zero-order valence-corrected chi connectivity index (χ0v) is 12.9. The maximum atomic E-state index is 12.6. The molecule has 5 nitrogen and oxygen atoms in total. The fraction of sp³-hybridized carbons (Fsp3) is 0.500. The van der Waals surface area contributed by atoms with Gasteiger partial charge in [0.2, 0.25) is 5.91 Å². The van der Waals surface area contributed by atoms with Crippen LogP contribution in [-0.2, 0) is 4.79 Å². The Morgan fingerprint density at radius 2 is 2.00 bits per heavy atom. The van der Waals surface area contributed by atoms with Gasteiger partial charge in [-0.05, 0) is 38.4 Å². The zero-order chi connectivity index (χ0) is 15.5. The smallest absolute Gasteiger partial charge is 0.255 e. The van der Waals surface area contributed by atoms with Crippen molar-refractivity contribution in [1.29, 1.82) is 0 Å². The van der Waals surface area contributed by atoms with Crippen molar-refractivity contribution in [3.63, 3.8) is 0 Å². The molecule has 0 bridgehead atoms. The molecule has 1 aliphatic rings. The number of hydrogen-bond donors (Lipinski definition) is 2. The maximum Gasteiger partial charge on any atom is 0.255 e. The Morgan fingerprint density at radius 3 is 2.62 bits per heavy atom. The summed E-state index contributed by atoms with van der Waals surface area (Å²) in [6, 6.07) is 7.13. The third-order valence-electron chi connectivity index (χ3n) is 3.96. The first-order valence-corrected chi connectivity index (χ1v) is 7.27. The van der Waals surface area contributed by atoms with E-state index >= 15 is 0 Å². The lowest BCUT2D eigenvalue weighted by atomic mass is 9.82. The number of carbonyl (C=O) groups excluding carboxylic acids is 2. The number of piperidine rings is 1. The monoisotopic (exact) mass is 289 g/mol. The van der Waals surface area contributed by atoms with Gasteiger partial charge in [0.1, 0.15) is 0 Å². The Bertz CT molecular complexity index is 534. The molecule has 0 spiro atoms. The second-order valence-corrected chi connectivity index (χ2v) is 6.04. The normalized spacial score (nSPS) is 21.7. The van der Waals surface area contributed by atoms with Crippen molar-refractivity contribution in [2.75, 3.05) is 32.5 Å². The predicted octanol–water partition coefficient (Wildman–Crippen LogP) is 1.72. The molecule has 0 saturated carbocycles. The van der Waals surface area contributed by atoms with Crippen LogP contribution in [0.3, 0.4) is 0 Å². The molecule has 0 aromatic heterocycles. The van der Waals surface area contributed by atoms with Crippen LogP contribution in [0.4, 0.5) is 5.69 Å². The number of nitrogens with one attached hydrogen (secondary N) is 2. The van der Waals surface area contributed by atoms with Gasteiger partial charge in [0, 0.05) is 20.6 Å². The number of rotatable bonds is 3. The van der Waals surface area contributed by atoms with E-state index in [1.807, 2.05) is 13.0 Å². The van der Waals surface area contributed by atoms with Crippen LogP contribution >= 0.6 is 0 Å². The lowest BCUT2D eigenvalue weighted by molar-refractivity contribution is -0.125. The summed E-state index contributed by atoms with van der Waals surface area (Å²) in [5, 5.41) is 6.19. The highest BCUT2D eigenvalue weighted by Gasteiger charge is 2.35. The van der Waals surface area contributed by atoms with Crippen LogP contribution in [0.15, 0.2) is 24.3 Å². The van der Waals surface area contributed by atoms with Crippen LogP contribution in [0.5, 0.6) is 0 Å². The lowest BCUT2D eigenvalue weighted by Gasteiger charge is -2.32. The number of benzene rings is 1. The molecule has 114 valence electrons. The summed E-state index contributed by atoms with van der Waals surface area (Å²) < 4.78 is 0. The number of amides is 2. The SMILES string of the molecule is CN(C)C(=O)c1ccccc1NC(=O)C1(C)CCCNC1. The Kier molecular flexibility index (Phi) is 4.63. The fourth-order valence-corrected chi connectivity index (χ4v) is 2.54. The minimum atomic E-state index is -0.424. The molecule has 5 heteroatoms. The van der Waals surface area contributed by atoms with Crippen molar-refractivity contribution in [2.45, 2.75) is 19.8 Å². The summed E-state index contributed by atoms with van der Waals surface area (Å²) in [6.07, 6.45) is 1.85. The van der Waals surface area contributed by atoms with E-state index in [1.54, 1.807) is 32.3 Å². The van der Waals surface area contributed by atoms with Crippen molar-refractivity contribution < 1.29 is 9.59 Å². The summed E-state index contributed by atoms with van der Waals surface area (Å²) in [5.74, 6) is -0.147. The molecule has 2 amide bonds. The van der Waals surface area contributed by atoms with E-state index in [4.69, 9.17) is 0 Å². The third-order valence-corrected chi connectivity index (χ3v) is 3.96. The predicted molar refractivity (Wildman–Crippen MR) is 83.3 cm³/mol. The highest BCUT2D eigenvalue weighted by Crippen LogP contribution is 2.28. The number of carbonyl (C=O) groups is 2. The molecule has 1 aliphatic heterocycles. The van der Waals surface area contributed by atoms with Gasteiger partial charge in [-0.25, -0.2) is 0 Å². The molecule has 1 heterocycles. The second-order valence-electron chi connectivity index (χ2n) is 6.04. The molecule has 2 rings (SSSR count). The van der Waals surface area contributed by atoms with Crippen molar-refractivity contribution in [3.05, 3.63) is 29.8 Å². The Balaban J connectivity index is 2.19. The van der Waals surface area contributed by atoms with E-state index in [9.17, 15) is 9.59 Å². The Morgan fingerprint density at radius 1 is 1.29 bits per heavy atom. The number of hydrogen-bond acceptors (Lipinski definition) is 3. The van der Waals surface area contributed by atoms with Crippen LogP contribution in [0, 0.1) is 5.41 Å². The Labute approximate surface area is 125 Å². The van der Waals surface area contributed by atoms with Gasteiger partial charge in [-0.3, -0.25) is 9.59 Å². The molecule has 1 aromatic carbocycles. The van der Waals surface area contributed by atoms with E-state index in [0.717, 1.165) is 19.4 Å². The van der Waals surface area contributed by atoms with Crippen LogP contribution in [0.25, 0.3) is 0 Å². The summed E-state index contributed by atoms with van der Waals surface area (Å²) >= 11 is 0. The van der Waals surface area contributed by atoms with Crippen molar-refractivity contribution >= 4 is 17.5 Å². The number of anilines is 1. The number of nitrogens with zero attached hydrogens (tertiary/aromatic N) is 1. The molecule has 21 heavy (non-hydrogen) atoms. The first kappa shape index (κ1) is 15.5. The molecule has 1 atom stereocenters. The molecule has 0 aliphatic carbocycles. The van der Waals surface area contributed by atoms with Gasteiger partial charge >= 0.3 is 0 Å². The molecule has 1 aromatic rings. The standard InChI is InChI=1S/C16H23N3O2/c1-16(9-6-10-17-11-16)15(21)18-13-8-5-4-7-12(13)14(20)19(2)3/h4-5,7-8,17H,6,9-11H2,1-3H3,(H,18,21). The van der Waals surface area contributed by atoms with Gasteiger partial charge in [-0.15, -0.1) is 0 Å². The summed E-state index contributed by atoms with van der Waals surface area (Å²) in [5.41, 5.74) is 0.670. The topological polar surface area (TPSA) is 61.4 Å². The van der Waals surface area contributed by atoms with Crippen molar-refractivity contribution in [2.24, 2.45) is 5.41 Å². The minimum absolute atomic E-state index is 0.0336. The van der Waals surface area contributed by atoms with Crippen LogP contribution in [0.1, 0.15) is 30.1 Å². The molecule has 1 fully saturated rings. The van der Waals surface area contributed by atoms with Gasteiger partial charge < -0.3 is 15.5 Å². The van der Waals surface area contributed by atoms with Gasteiger partial charge in [0.25, 0.3) is 5.91 Å². The first-order valence-electron chi connectivity index (χ1n) is 7.27. The quantitative estimate of drug-likeness (QED) is 0.890. The number of para-hydroxylation sites is 1. The molecule has 0 radical (unpaired) electrons. The van der Waals surface area contributed by atoms with E-state index in [2.05, 4.69) is 10.6 Å². The van der Waals surface area contributed by atoms with Gasteiger partial charge in [0.05, 0.1) is 16.7 Å². The highest BCUT2D eigenvalue weighted by atomic mass is 16.2. The van der Waals surface area contributed by atoms with Crippen LogP contribution in [-0.4, -0.2) is 43.9 Å². The summed E-state index contributed by atoms with van der Waals surface area (Å²) in [7, 11) is 3.40. The molecule has 1 saturated heterocycles. The van der Waals surface area contributed by atoms with Crippen LogP contribution < -0.4 is 10.6 Å². The van der Waals surface area contributed by atoms with E-state index < -0.39 is 5.41 Å². The average molecular weight is 289 g/mol. The summed E-state index contributed by atoms with van der Waals surface area (Å²) in [6.45, 7) is 3.59. The third kappa shape index (κ3) is 3.42. The molecule has 2 N–H and O–H groups in total. The Hall–Kier alpha value is -1.88. The molecular formula is C16H23N3O2. The van der Waals surface area contributed by atoms with E-state index in [1.165, 1.54) is 4.90 Å². The first-order chi connectivity index (χ1) is 9.94. The second kappa shape index (κ2) is 6.26. The zero-order valence-electron chi connectivity index (χ0n) is 12.9. The fourth-order valence-electron chi connectivity index (χ4n) is 2.54. The van der Waals surface area contributed by atoms with Crippen molar-refractivity contribution in [3.8, 4) is 0 Å². The maximum absolute atomic E-state index is 12.6. The van der Waals surface area contributed by atoms with E-state index in [0.29, 0.717) is 17.8 Å².